The topological polar surface area (TPSA) is 160 Å². The van der Waals surface area contributed by atoms with Crippen LogP contribution < -0.4 is 22.1 Å². The SMILES string of the molecule is NCCNc1ccc(NCCN)c2c1C(=O)c1ccncc1C2=O.O=C(O)C(F)(F)F. The lowest BCUT2D eigenvalue weighted by atomic mass is 9.83. The summed E-state index contributed by atoms with van der Waals surface area (Å²) in [5.41, 5.74) is 13.7. The summed E-state index contributed by atoms with van der Waals surface area (Å²) in [6, 6.07) is 5.13. The summed E-state index contributed by atoms with van der Waals surface area (Å²) < 4.78 is 31.7. The molecule has 0 spiro atoms. The van der Waals surface area contributed by atoms with E-state index in [0.717, 1.165) is 0 Å². The number of nitrogens with zero attached hydrogens (tertiary/aromatic N) is 1. The Morgan fingerprint density at radius 1 is 0.935 bits per heavy atom. The number of carboxylic acid groups (broad SMARTS) is 1. The lowest BCUT2D eigenvalue weighted by Crippen LogP contribution is -2.26. The van der Waals surface area contributed by atoms with Gasteiger partial charge in [-0.05, 0) is 18.2 Å². The van der Waals surface area contributed by atoms with Crippen LogP contribution in [0.2, 0.25) is 0 Å². The molecule has 0 fully saturated rings. The normalized spacial score (nSPS) is 12.3. The first-order chi connectivity index (χ1) is 14.6. The smallest absolute Gasteiger partial charge is 0.475 e. The fraction of sp³-hybridized carbons (Fsp3) is 0.263. The summed E-state index contributed by atoms with van der Waals surface area (Å²) in [5.74, 6) is -3.17. The van der Waals surface area contributed by atoms with Gasteiger partial charge in [-0.25, -0.2) is 4.79 Å². The maximum Gasteiger partial charge on any atom is 0.490 e. The Morgan fingerprint density at radius 3 is 1.81 bits per heavy atom. The second kappa shape index (κ2) is 10.00. The number of alkyl halides is 3. The van der Waals surface area contributed by atoms with Gasteiger partial charge < -0.3 is 27.2 Å². The van der Waals surface area contributed by atoms with Gasteiger partial charge >= 0.3 is 12.1 Å². The van der Waals surface area contributed by atoms with Crippen molar-refractivity contribution in [3.05, 3.63) is 52.8 Å². The third-order valence-electron chi connectivity index (χ3n) is 4.13. The first-order valence-corrected chi connectivity index (χ1v) is 9.01. The van der Waals surface area contributed by atoms with Gasteiger partial charge in [0.1, 0.15) is 0 Å². The number of aliphatic carboxylic acids is 1. The molecule has 0 aliphatic heterocycles. The van der Waals surface area contributed by atoms with Crippen LogP contribution >= 0.6 is 0 Å². The zero-order valence-corrected chi connectivity index (χ0v) is 16.1. The zero-order valence-electron chi connectivity index (χ0n) is 16.1. The molecular weight excluding hydrogens is 419 g/mol. The number of benzene rings is 1. The Hall–Kier alpha value is -3.51. The maximum atomic E-state index is 13.0. The van der Waals surface area contributed by atoms with E-state index in [-0.39, 0.29) is 11.6 Å². The molecule has 0 unspecified atom stereocenters. The highest BCUT2D eigenvalue weighted by molar-refractivity contribution is 6.31. The van der Waals surface area contributed by atoms with Crippen LogP contribution in [-0.2, 0) is 4.79 Å². The van der Waals surface area contributed by atoms with E-state index in [2.05, 4.69) is 15.6 Å². The average molecular weight is 439 g/mol. The van der Waals surface area contributed by atoms with Crippen LogP contribution in [0.1, 0.15) is 31.8 Å². The number of nitrogens with two attached hydrogens (primary N) is 2. The Labute approximate surface area is 174 Å². The predicted octanol–water partition coefficient (Wildman–Crippen LogP) is 1.23. The molecule has 3 rings (SSSR count). The Bertz CT molecular complexity index is 929. The number of carbonyl (C=O) groups is 3. The van der Waals surface area contributed by atoms with Gasteiger partial charge in [0.25, 0.3) is 0 Å². The number of aromatic nitrogens is 1. The number of rotatable bonds is 6. The molecule has 2 aromatic rings. The van der Waals surface area contributed by atoms with Crippen LogP contribution in [0.3, 0.4) is 0 Å². The van der Waals surface area contributed by atoms with Crippen LogP contribution in [0.25, 0.3) is 0 Å². The van der Waals surface area contributed by atoms with Crippen molar-refractivity contribution in [2.75, 3.05) is 36.8 Å². The minimum atomic E-state index is -5.08. The summed E-state index contributed by atoms with van der Waals surface area (Å²) in [7, 11) is 0. The van der Waals surface area contributed by atoms with E-state index in [1.54, 1.807) is 18.2 Å². The third kappa shape index (κ3) is 5.35. The molecule has 31 heavy (non-hydrogen) atoms. The number of pyridine rings is 1. The molecule has 1 aromatic carbocycles. The van der Waals surface area contributed by atoms with Crippen molar-refractivity contribution in [1.82, 2.24) is 4.98 Å². The molecule has 0 amide bonds. The molecule has 9 nitrogen and oxygen atoms in total. The number of fused-ring (bicyclic) bond motifs is 2. The highest BCUT2D eigenvalue weighted by Crippen LogP contribution is 2.36. The fourth-order valence-electron chi connectivity index (χ4n) is 2.83. The molecule has 166 valence electrons. The van der Waals surface area contributed by atoms with Crippen LogP contribution in [-0.4, -0.2) is 60.0 Å². The minimum Gasteiger partial charge on any atom is -0.475 e. The Balaban J connectivity index is 0.000000423. The number of nitrogens with one attached hydrogen (secondary N) is 2. The minimum absolute atomic E-state index is 0.196. The van der Waals surface area contributed by atoms with Crippen molar-refractivity contribution in [1.29, 1.82) is 0 Å². The highest BCUT2D eigenvalue weighted by Gasteiger charge is 2.38. The number of halogens is 3. The van der Waals surface area contributed by atoms with Crippen LogP contribution in [0.15, 0.2) is 30.6 Å². The number of ketones is 2. The predicted molar refractivity (Wildman–Crippen MR) is 106 cm³/mol. The molecule has 1 aliphatic carbocycles. The fourth-order valence-corrected chi connectivity index (χ4v) is 2.83. The van der Waals surface area contributed by atoms with Gasteiger partial charge in [0.15, 0.2) is 11.6 Å². The zero-order chi connectivity index (χ0) is 23.2. The number of carbonyl (C=O) groups excluding carboxylic acids is 2. The second-order valence-corrected chi connectivity index (χ2v) is 6.22. The number of carboxylic acids is 1. The second-order valence-electron chi connectivity index (χ2n) is 6.22. The average Bonchev–Trinajstić information content (AvgIpc) is 2.74. The molecule has 0 atom stereocenters. The van der Waals surface area contributed by atoms with Gasteiger partial charge in [0, 0.05) is 55.5 Å². The summed E-state index contributed by atoms with van der Waals surface area (Å²) in [6.45, 7) is 1.85. The van der Waals surface area contributed by atoms with Crippen LogP contribution in [0, 0.1) is 0 Å². The van der Waals surface area contributed by atoms with Crippen LogP contribution in [0.5, 0.6) is 0 Å². The van der Waals surface area contributed by atoms with Gasteiger partial charge in [-0.15, -0.1) is 0 Å². The van der Waals surface area contributed by atoms with Gasteiger partial charge in [0.2, 0.25) is 0 Å². The van der Waals surface area contributed by atoms with E-state index in [1.807, 2.05) is 0 Å². The van der Waals surface area contributed by atoms with Gasteiger partial charge in [-0.3, -0.25) is 14.6 Å². The summed E-state index contributed by atoms with van der Waals surface area (Å²) in [4.78, 5) is 38.8. The van der Waals surface area contributed by atoms with Crippen molar-refractivity contribution >= 4 is 28.9 Å². The van der Waals surface area contributed by atoms with Crippen LogP contribution in [0.4, 0.5) is 24.5 Å². The Morgan fingerprint density at radius 2 is 1.39 bits per heavy atom. The number of hydrogen-bond acceptors (Lipinski definition) is 8. The van der Waals surface area contributed by atoms with Gasteiger partial charge in [-0.1, -0.05) is 0 Å². The van der Waals surface area contributed by atoms with Crippen molar-refractivity contribution in [3.8, 4) is 0 Å². The molecule has 0 radical (unpaired) electrons. The Kier molecular flexibility index (Phi) is 7.67. The number of hydrogen-bond donors (Lipinski definition) is 5. The first kappa shape index (κ1) is 23.8. The maximum absolute atomic E-state index is 13.0. The monoisotopic (exact) mass is 439 g/mol. The highest BCUT2D eigenvalue weighted by atomic mass is 19.4. The van der Waals surface area contributed by atoms with Gasteiger partial charge in [-0.2, -0.15) is 13.2 Å². The van der Waals surface area contributed by atoms with Crippen molar-refractivity contribution in [3.63, 3.8) is 0 Å². The molecule has 0 bridgehead atoms. The summed E-state index contributed by atoms with van der Waals surface area (Å²) in [5, 5.41) is 13.4. The van der Waals surface area contributed by atoms with E-state index < -0.39 is 12.1 Å². The van der Waals surface area contributed by atoms with Crippen molar-refractivity contribution in [2.24, 2.45) is 11.5 Å². The quantitative estimate of drug-likeness (QED) is 0.380. The third-order valence-corrected chi connectivity index (χ3v) is 4.13. The molecule has 1 heterocycles. The standard InChI is InChI=1S/C17H19N5O2.C2HF3O2/c18-4-7-21-12-1-2-13(22-8-5-19)15-14(12)16(23)10-3-6-20-9-11(10)17(15)24;3-2(4,5)1(6)7/h1-3,6,9,21-22H,4-5,7-8,18-19H2;(H,6,7). The van der Waals surface area contributed by atoms with E-state index in [1.165, 1.54) is 12.4 Å². The molecule has 1 aliphatic rings. The molecule has 1 aromatic heterocycles. The lowest BCUT2D eigenvalue weighted by molar-refractivity contribution is -0.192. The largest absolute Gasteiger partial charge is 0.490 e. The number of anilines is 2. The molecule has 0 saturated heterocycles. The summed E-state index contributed by atoms with van der Waals surface area (Å²) >= 11 is 0. The molecule has 12 heteroatoms. The first-order valence-electron chi connectivity index (χ1n) is 9.01. The lowest BCUT2D eigenvalue weighted by Gasteiger charge is -2.23. The summed E-state index contributed by atoms with van der Waals surface area (Å²) in [6.07, 6.45) is -2.14. The van der Waals surface area contributed by atoms with Crippen molar-refractivity contribution in [2.45, 2.75) is 6.18 Å². The van der Waals surface area contributed by atoms with E-state index in [0.29, 0.717) is 59.8 Å². The van der Waals surface area contributed by atoms with E-state index in [9.17, 15) is 22.8 Å². The van der Waals surface area contributed by atoms with Gasteiger partial charge in [0.05, 0.1) is 16.7 Å². The molecule has 7 N–H and O–H groups in total. The molecular formula is C19H20F3N5O4. The molecule has 0 saturated carbocycles. The van der Waals surface area contributed by atoms with E-state index in [4.69, 9.17) is 21.4 Å². The van der Waals surface area contributed by atoms with E-state index >= 15 is 0 Å². The van der Waals surface area contributed by atoms with Crippen molar-refractivity contribution < 1.29 is 32.7 Å².